The minimum atomic E-state index is -0.322. The topological polar surface area (TPSA) is 55.6 Å². The summed E-state index contributed by atoms with van der Waals surface area (Å²) in [6.45, 7) is 4.46. The molecular weight excluding hydrogens is 284 g/mol. The first kappa shape index (κ1) is 16.3. The zero-order chi connectivity index (χ0) is 15.3. The lowest BCUT2D eigenvalue weighted by molar-refractivity contribution is -0.162. The number of nitrogens with zero attached hydrogens (tertiary/aromatic N) is 1. The summed E-state index contributed by atoms with van der Waals surface area (Å²) in [5.41, 5.74) is 5.84. The number of hydrogen-bond acceptors (Lipinski definition) is 5. The number of rotatable bonds is 7. The number of methoxy groups -OCH3 is 1. The van der Waals surface area contributed by atoms with Crippen molar-refractivity contribution >= 4 is 17.7 Å². The van der Waals surface area contributed by atoms with E-state index in [9.17, 15) is 4.79 Å². The molecule has 21 heavy (non-hydrogen) atoms. The van der Waals surface area contributed by atoms with E-state index in [1.807, 2.05) is 25.1 Å². The van der Waals surface area contributed by atoms with Gasteiger partial charge in [0.2, 0.25) is 0 Å². The molecule has 0 radical (unpaired) electrons. The number of hydrogen-bond donors (Lipinski definition) is 1. The predicted molar refractivity (Wildman–Crippen MR) is 86.3 cm³/mol. The predicted octanol–water partition coefficient (Wildman–Crippen LogP) is 1.99. The maximum absolute atomic E-state index is 11.6. The Morgan fingerprint density at radius 1 is 1.43 bits per heavy atom. The van der Waals surface area contributed by atoms with E-state index in [-0.39, 0.29) is 17.4 Å². The molecule has 1 saturated heterocycles. The number of ether oxygens (including phenoxy) is 1. The average Bonchev–Trinajstić information content (AvgIpc) is 2.48. The Balaban J connectivity index is 1.62. The van der Waals surface area contributed by atoms with Gasteiger partial charge in [-0.15, -0.1) is 11.8 Å². The van der Waals surface area contributed by atoms with Gasteiger partial charge in [-0.3, -0.25) is 4.79 Å². The summed E-state index contributed by atoms with van der Waals surface area (Å²) in [6, 6.07) is 10.5. The number of carbonyl (C=O) groups excluding carboxylic acids is 1. The van der Waals surface area contributed by atoms with Crippen LogP contribution in [0, 0.1) is 5.41 Å². The first-order chi connectivity index (χ1) is 10.0. The molecule has 116 valence electrons. The van der Waals surface area contributed by atoms with Gasteiger partial charge in [0.15, 0.2) is 0 Å². The van der Waals surface area contributed by atoms with Crippen LogP contribution in [0.15, 0.2) is 35.2 Å². The van der Waals surface area contributed by atoms with Crippen LogP contribution in [0.5, 0.6) is 0 Å². The fourth-order valence-corrected chi connectivity index (χ4v) is 3.55. The van der Waals surface area contributed by atoms with Crippen molar-refractivity contribution in [2.45, 2.75) is 24.3 Å². The van der Waals surface area contributed by atoms with E-state index in [0.717, 1.165) is 31.8 Å². The lowest BCUT2D eigenvalue weighted by atomic mass is 9.82. The average molecular weight is 308 g/mol. The maximum Gasteiger partial charge on any atom is 0.314 e. The van der Waals surface area contributed by atoms with Crippen LogP contribution < -0.4 is 5.73 Å². The Kier molecular flexibility index (Phi) is 5.67. The van der Waals surface area contributed by atoms with Gasteiger partial charge in [-0.25, -0.2) is 0 Å². The van der Waals surface area contributed by atoms with Crippen molar-refractivity contribution in [3.05, 3.63) is 30.3 Å². The van der Waals surface area contributed by atoms with Crippen molar-refractivity contribution in [3.8, 4) is 0 Å². The molecule has 0 bridgehead atoms. The van der Waals surface area contributed by atoms with E-state index in [1.165, 1.54) is 12.0 Å². The largest absolute Gasteiger partial charge is 0.469 e. The maximum atomic E-state index is 11.6. The second-order valence-electron chi connectivity index (χ2n) is 5.94. The number of likely N-dealkylation sites (tertiary alicyclic amines) is 1. The molecule has 0 spiro atoms. The first-order valence-corrected chi connectivity index (χ1v) is 8.26. The van der Waals surface area contributed by atoms with Crippen molar-refractivity contribution < 1.29 is 9.53 Å². The second kappa shape index (κ2) is 7.29. The summed E-state index contributed by atoms with van der Waals surface area (Å²) in [5, 5.41) is 0. The highest BCUT2D eigenvalue weighted by Gasteiger charge is 2.45. The molecule has 1 atom stereocenters. The third-order valence-electron chi connectivity index (χ3n) is 3.85. The molecule has 0 aromatic heterocycles. The van der Waals surface area contributed by atoms with Gasteiger partial charge in [0.1, 0.15) is 0 Å². The number of nitrogens with two attached hydrogens (primary N) is 1. The zero-order valence-corrected chi connectivity index (χ0v) is 13.6. The standard InChI is InChI=1S/C16H24N2O2S/c1-16(15(19)20-2)11-18(12-16)9-8-13(17)10-21-14-6-4-3-5-7-14/h3-7,13H,8-12,17H2,1-2H3/t13-/m1/s1. The van der Waals surface area contributed by atoms with Gasteiger partial charge in [0, 0.05) is 29.8 Å². The third-order valence-corrected chi connectivity index (χ3v) is 5.05. The third kappa shape index (κ3) is 4.46. The van der Waals surface area contributed by atoms with Gasteiger partial charge in [0.25, 0.3) is 0 Å². The van der Waals surface area contributed by atoms with E-state index in [0.29, 0.717) is 0 Å². The summed E-state index contributed by atoms with van der Waals surface area (Å²) in [6.07, 6.45) is 0.955. The molecular formula is C16H24N2O2S. The molecule has 1 aliphatic heterocycles. The fraction of sp³-hybridized carbons (Fsp3) is 0.562. The Labute approximate surface area is 131 Å². The van der Waals surface area contributed by atoms with E-state index < -0.39 is 0 Å². The van der Waals surface area contributed by atoms with Gasteiger partial charge in [-0.05, 0) is 32.0 Å². The van der Waals surface area contributed by atoms with Crippen molar-refractivity contribution in [2.75, 3.05) is 32.5 Å². The van der Waals surface area contributed by atoms with Crippen LogP contribution in [-0.2, 0) is 9.53 Å². The van der Waals surface area contributed by atoms with Crippen LogP contribution in [0.4, 0.5) is 0 Å². The summed E-state index contributed by atoms with van der Waals surface area (Å²) in [5.74, 6) is 0.814. The summed E-state index contributed by atoms with van der Waals surface area (Å²) < 4.78 is 4.82. The SMILES string of the molecule is COC(=O)C1(C)CN(CC[C@@H](N)CSc2ccccc2)C1. The lowest BCUT2D eigenvalue weighted by Crippen LogP contribution is -2.59. The molecule has 1 aromatic carbocycles. The highest BCUT2D eigenvalue weighted by Crippen LogP contribution is 2.31. The zero-order valence-electron chi connectivity index (χ0n) is 12.7. The van der Waals surface area contributed by atoms with Crippen LogP contribution in [0.1, 0.15) is 13.3 Å². The second-order valence-corrected chi connectivity index (χ2v) is 7.03. The van der Waals surface area contributed by atoms with Crippen molar-refractivity contribution in [1.82, 2.24) is 4.90 Å². The van der Waals surface area contributed by atoms with Crippen molar-refractivity contribution in [3.63, 3.8) is 0 Å². The lowest BCUT2D eigenvalue weighted by Gasteiger charge is -2.46. The molecule has 2 N–H and O–H groups in total. The highest BCUT2D eigenvalue weighted by atomic mass is 32.2. The number of esters is 1. The summed E-state index contributed by atoms with van der Waals surface area (Å²) in [7, 11) is 1.45. The van der Waals surface area contributed by atoms with Gasteiger partial charge in [0.05, 0.1) is 12.5 Å². The summed E-state index contributed by atoms with van der Waals surface area (Å²) >= 11 is 1.80. The van der Waals surface area contributed by atoms with Crippen LogP contribution in [-0.4, -0.2) is 49.4 Å². The van der Waals surface area contributed by atoms with Crippen molar-refractivity contribution in [2.24, 2.45) is 11.1 Å². The first-order valence-electron chi connectivity index (χ1n) is 7.28. The van der Waals surface area contributed by atoms with Gasteiger partial charge in [-0.1, -0.05) is 18.2 Å². The smallest absolute Gasteiger partial charge is 0.314 e. The Bertz CT molecular complexity index is 461. The molecule has 5 heteroatoms. The number of carbonyl (C=O) groups is 1. The Morgan fingerprint density at radius 2 is 2.10 bits per heavy atom. The Hall–Kier alpha value is -1.04. The van der Waals surface area contributed by atoms with E-state index in [2.05, 4.69) is 17.0 Å². The van der Waals surface area contributed by atoms with Gasteiger partial charge >= 0.3 is 5.97 Å². The summed E-state index contributed by atoms with van der Waals surface area (Å²) in [4.78, 5) is 15.1. The van der Waals surface area contributed by atoms with E-state index in [1.54, 1.807) is 11.8 Å². The number of thioether (sulfide) groups is 1. The molecule has 1 heterocycles. The normalized spacial score (nSPS) is 18.8. The molecule has 2 rings (SSSR count). The molecule has 0 saturated carbocycles. The quantitative estimate of drug-likeness (QED) is 0.617. The van der Waals surface area contributed by atoms with Crippen LogP contribution in [0.25, 0.3) is 0 Å². The van der Waals surface area contributed by atoms with Gasteiger partial charge < -0.3 is 15.4 Å². The van der Waals surface area contributed by atoms with Gasteiger partial charge in [-0.2, -0.15) is 0 Å². The van der Waals surface area contributed by atoms with Crippen molar-refractivity contribution in [1.29, 1.82) is 0 Å². The van der Waals surface area contributed by atoms with E-state index in [4.69, 9.17) is 10.5 Å². The van der Waals surface area contributed by atoms with Crippen LogP contribution in [0.3, 0.4) is 0 Å². The molecule has 1 fully saturated rings. The number of benzene rings is 1. The molecule has 0 amide bonds. The minimum absolute atomic E-state index is 0.109. The molecule has 4 nitrogen and oxygen atoms in total. The minimum Gasteiger partial charge on any atom is -0.469 e. The molecule has 0 aliphatic carbocycles. The van der Waals surface area contributed by atoms with Crippen LogP contribution in [0.2, 0.25) is 0 Å². The highest BCUT2D eigenvalue weighted by molar-refractivity contribution is 7.99. The van der Waals surface area contributed by atoms with E-state index >= 15 is 0 Å². The fourth-order valence-electron chi connectivity index (χ4n) is 2.63. The van der Waals surface area contributed by atoms with Crippen LogP contribution >= 0.6 is 11.8 Å². The molecule has 0 unspecified atom stereocenters. The monoisotopic (exact) mass is 308 g/mol. The Morgan fingerprint density at radius 3 is 2.71 bits per heavy atom. The molecule has 1 aliphatic rings. The molecule has 1 aromatic rings.